The Morgan fingerprint density at radius 2 is 1.33 bits per heavy atom. The van der Waals surface area contributed by atoms with Gasteiger partial charge in [0.1, 0.15) is 17.2 Å². The van der Waals surface area contributed by atoms with Crippen LogP contribution >= 0.6 is 0 Å². The molecule has 9 nitrogen and oxygen atoms in total. The van der Waals surface area contributed by atoms with E-state index < -0.39 is 23.3 Å². The minimum absolute atomic E-state index is 0.00955. The van der Waals surface area contributed by atoms with Crippen molar-refractivity contribution in [1.29, 1.82) is 0 Å². The Kier molecular flexibility index (Phi) is 11.1. The third kappa shape index (κ3) is 8.59. The first-order valence-electron chi connectivity index (χ1n) is 15.4. The minimum Gasteiger partial charge on any atom is -0.444 e. The average molecular weight is 610 g/mol. The first kappa shape index (κ1) is 33.0. The summed E-state index contributed by atoms with van der Waals surface area (Å²) in [6.45, 7) is 7.83. The number of nitrogens with zero attached hydrogens (tertiary/aromatic N) is 2. The summed E-state index contributed by atoms with van der Waals surface area (Å²) in [7, 11) is 0. The Morgan fingerprint density at radius 3 is 1.82 bits per heavy atom. The van der Waals surface area contributed by atoms with Crippen LogP contribution in [-0.2, 0) is 26.3 Å². The standard InChI is InChI=1S/C36H43N5O4/c1-5-22-37-33(43)31(40-32(42)21-23-38-34(44)45-35(2,3)4)24-30-25-41(26-39-30)36(27-15-9-6-10-16-27,28-17-11-7-12-18-28)29-19-13-8-14-20-29/h6-20,25-26,31H,5,21-24H2,1-4H3,(H,37,43)(H,38,44)(H,40,42)/t31-/m0/s1. The maximum Gasteiger partial charge on any atom is 0.407 e. The zero-order chi connectivity index (χ0) is 32.3. The summed E-state index contributed by atoms with van der Waals surface area (Å²) in [5.74, 6) is -0.658. The van der Waals surface area contributed by atoms with E-state index in [0.29, 0.717) is 12.2 Å². The first-order valence-corrected chi connectivity index (χ1v) is 15.4. The quantitative estimate of drug-likeness (QED) is 0.181. The normalized spacial score (nSPS) is 12.2. The van der Waals surface area contributed by atoms with Crippen molar-refractivity contribution in [2.45, 2.75) is 64.1 Å². The lowest BCUT2D eigenvalue weighted by Crippen LogP contribution is -2.48. The molecule has 236 valence electrons. The molecular weight excluding hydrogens is 566 g/mol. The van der Waals surface area contributed by atoms with Gasteiger partial charge < -0.3 is 25.3 Å². The molecule has 0 unspecified atom stereocenters. The van der Waals surface area contributed by atoms with E-state index in [1.165, 1.54) is 0 Å². The van der Waals surface area contributed by atoms with Crippen LogP contribution in [0, 0.1) is 0 Å². The third-order valence-corrected chi connectivity index (χ3v) is 7.23. The molecule has 1 aromatic heterocycles. The highest BCUT2D eigenvalue weighted by Gasteiger charge is 2.38. The number of hydrogen-bond donors (Lipinski definition) is 3. The lowest BCUT2D eigenvalue weighted by Gasteiger charge is -2.37. The summed E-state index contributed by atoms with van der Waals surface area (Å²) < 4.78 is 7.31. The summed E-state index contributed by atoms with van der Waals surface area (Å²) in [6, 6.07) is 29.9. The Labute approximate surface area is 265 Å². The number of nitrogens with one attached hydrogen (secondary N) is 3. The number of carbonyl (C=O) groups excluding carboxylic acids is 3. The van der Waals surface area contributed by atoms with E-state index in [9.17, 15) is 14.4 Å². The van der Waals surface area contributed by atoms with Crippen molar-refractivity contribution in [2.75, 3.05) is 13.1 Å². The third-order valence-electron chi connectivity index (χ3n) is 7.23. The van der Waals surface area contributed by atoms with Crippen molar-refractivity contribution >= 4 is 17.9 Å². The number of ether oxygens (including phenoxy) is 1. The molecule has 9 heteroatoms. The molecule has 4 rings (SSSR count). The topological polar surface area (TPSA) is 114 Å². The zero-order valence-corrected chi connectivity index (χ0v) is 26.5. The number of alkyl carbamates (subject to hydrolysis) is 1. The van der Waals surface area contributed by atoms with Crippen molar-refractivity contribution in [3.8, 4) is 0 Å². The van der Waals surface area contributed by atoms with E-state index in [0.717, 1.165) is 23.1 Å². The Bertz CT molecular complexity index is 1440. The van der Waals surface area contributed by atoms with E-state index in [-0.39, 0.29) is 31.2 Å². The molecule has 3 aromatic carbocycles. The molecular formula is C36H43N5O4. The van der Waals surface area contributed by atoms with Crippen LogP contribution in [0.4, 0.5) is 4.79 Å². The van der Waals surface area contributed by atoms with Crippen molar-refractivity contribution in [3.63, 3.8) is 0 Å². The summed E-state index contributed by atoms with van der Waals surface area (Å²) in [5.41, 5.74) is 2.41. The van der Waals surface area contributed by atoms with Gasteiger partial charge in [0, 0.05) is 32.1 Å². The van der Waals surface area contributed by atoms with E-state index in [4.69, 9.17) is 9.72 Å². The zero-order valence-electron chi connectivity index (χ0n) is 26.5. The molecule has 1 atom stereocenters. The smallest absolute Gasteiger partial charge is 0.407 e. The average Bonchev–Trinajstić information content (AvgIpc) is 3.49. The number of rotatable bonds is 13. The maximum absolute atomic E-state index is 13.2. The first-order chi connectivity index (χ1) is 21.6. The van der Waals surface area contributed by atoms with Crippen LogP contribution in [0.5, 0.6) is 0 Å². The fourth-order valence-corrected chi connectivity index (χ4v) is 5.29. The number of imidazole rings is 1. The maximum atomic E-state index is 13.2. The van der Waals surface area contributed by atoms with Gasteiger partial charge in [0.15, 0.2) is 0 Å². The fourth-order valence-electron chi connectivity index (χ4n) is 5.29. The van der Waals surface area contributed by atoms with Gasteiger partial charge in [-0.2, -0.15) is 0 Å². The minimum atomic E-state index is -0.853. The highest BCUT2D eigenvalue weighted by molar-refractivity contribution is 5.88. The number of aromatic nitrogens is 2. The van der Waals surface area contributed by atoms with E-state index >= 15 is 0 Å². The van der Waals surface area contributed by atoms with Gasteiger partial charge in [-0.3, -0.25) is 9.59 Å². The second-order valence-corrected chi connectivity index (χ2v) is 11.9. The van der Waals surface area contributed by atoms with Crippen LogP contribution in [0.15, 0.2) is 104 Å². The summed E-state index contributed by atoms with van der Waals surface area (Å²) in [5, 5.41) is 8.33. The van der Waals surface area contributed by atoms with Gasteiger partial charge in [0.05, 0.1) is 12.0 Å². The van der Waals surface area contributed by atoms with Crippen molar-refractivity contribution in [2.24, 2.45) is 0 Å². The second kappa shape index (κ2) is 15.2. The number of carbonyl (C=O) groups is 3. The lowest BCUT2D eigenvalue weighted by atomic mass is 9.77. The molecule has 3 amide bonds. The molecule has 0 fully saturated rings. The monoisotopic (exact) mass is 609 g/mol. The van der Waals surface area contributed by atoms with Crippen molar-refractivity contribution in [1.82, 2.24) is 25.5 Å². The fraction of sp³-hybridized carbons (Fsp3) is 0.333. The molecule has 0 aliphatic rings. The van der Waals surface area contributed by atoms with Crippen LogP contribution in [-0.4, -0.2) is 52.2 Å². The highest BCUT2D eigenvalue weighted by atomic mass is 16.6. The van der Waals surface area contributed by atoms with Crippen molar-refractivity contribution in [3.05, 3.63) is 126 Å². The molecule has 0 aliphatic carbocycles. The predicted molar refractivity (Wildman–Crippen MR) is 175 cm³/mol. The van der Waals surface area contributed by atoms with E-state index in [1.807, 2.05) is 67.7 Å². The Hall–Kier alpha value is -4.92. The number of hydrogen-bond acceptors (Lipinski definition) is 5. The van der Waals surface area contributed by atoms with Gasteiger partial charge >= 0.3 is 6.09 Å². The van der Waals surface area contributed by atoms with E-state index in [2.05, 4.69) is 56.9 Å². The lowest BCUT2D eigenvalue weighted by molar-refractivity contribution is -0.128. The Morgan fingerprint density at radius 1 is 0.800 bits per heavy atom. The van der Waals surface area contributed by atoms with E-state index in [1.54, 1.807) is 27.1 Å². The van der Waals surface area contributed by atoms with Crippen LogP contribution in [0.2, 0.25) is 0 Å². The summed E-state index contributed by atoms with van der Waals surface area (Å²) >= 11 is 0. The van der Waals surface area contributed by atoms with Crippen LogP contribution in [0.3, 0.4) is 0 Å². The largest absolute Gasteiger partial charge is 0.444 e. The molecule has 0 bridgehead atoms. The van der Waals surface area contributed by atoms with Gasteiger partial charge in [-0.05, 0) is 43.9 Å². The molecule has 0 saturated heterocycles. The molecule has 1 heterocycles. The van der Waals surface area contributed by atoms with Crippen LogP contribution < -0.4 is 16.0 Å². The van der Waals surface area contributed by atoms with Gasteiger partial charge in [-0.1, -0.05) is 97.9 Å². The van der Waals surface area contributed by atoms with Gasteiger partial charge in [0.25, 0.3) is 0 Å². The highest BCUT2D eigenvalue weighted by Crippen LogP contribution is 2.40. The number of amides is 3. The summed E-state index contributed by atoms with van der Waals surface area (Å²) in [6.07, 6.45) is 4.07. The SMILES string of the molecule is CCCNC(=O)[C@H](Cc1cn(C(c2ccccc2)(c2ccccc2)c2ccccc2)cn1)NC(=O)CCNC(=O)OC(C)(C)C. The van der Waals surface area contributed by atoms with Crippen molar-refractivity contribution < 1.29 is 19.1 Å². The molecule has 45 heavy (non-hydrogen) atoms. The second-order valence-electron chi connectivity index (χ2n) is 11.9. The predicted octanol–water partition coefficient (Wildman–Crippen LogP) is 5.19. The molecule has 0 spiro atoms. The molecule has 4 aromatic rings. The Balaban J connectivity index is 1.62. The van der Waals surface area contributed by atoms with Crippen LogP contribution in [0.1, 0.15) is 62.9 Å². The molecule has 3 N–H and O–H groups in total. The molecule has 0 saturated carbocycles. The number of benzene rings is 3. The van der Waals surface area contributed by atoms with Gasteiger partial charge in [-0.15, -0.1) is 0 Å². The van der Waals surface area contributed by atoms with Gasteiger partial charge in [-0.25, -0.2) is 9.78 Å². The molecule has 0 radical (unpaired) electrons. The van der Waals surface area contributed by atoms with Crippen LogP contribution in [0.25, 0.3) is 0 Å². The van der Waals surface area contributed by atoms with Gasteiger partial charge in [0.2, 0.25) is 11.8 Å². The molecule has 0 aliphatic heterocycles. The summed E-state index contributed by atoms with van der Waals surface area (Å²) in [4.78, 5) is 42.8.